The average molecular weight is 383 g/mol. The zero-order valence-corrected chi connectivity index (χ0v) is 15.5. The van der Waals surface area contributed by atoms with E-state index in [-0.39, 0.29) is 11.4 Å². The topological polar surface area (TPSA) is 47.8 Å². The SMILES string of the molecule is Cn1c(SCc2csc(-c3ccc(F)cc3)n2)nc2ccccc2c1=O. The van der Waals surface area contributed by atoms with E-state index in [0.717, 1.165) is 16.3 Å². The van der Waals surface area contributed by atoms with Gasteiger partial charge in [0.25, 0.3) is 5.56 Å². The van der Waals surface area contributed by atoms with Crippen LogP contribution in [0.25, 0.3) is 21.5 Å². The van der Waals surface area contributed by atoms with Crippen LogP contribution in [0.5, 0.6) is 0 Å². The van der Waals surface area contributed by atoms with Gasteiger partial charge in [0.2, 0.25) is 0 Å². The molecular formula is C19H14FN3OS2. The van der Waals surface area contributed by atoms with Crippen LogP contribution in [-0.4, -0.2) is 14.5 Å². The van der Waals surface area contributed by atoms with Crippen LogP contribution in [0.2, 0.25) is 0 Å². The maximum Gasteiger partial charge on any atom is 0.261 e. The zero-order chi connectivity index (χ0) is 18.1. The monoisotopic (exact) mass is 383 g/mol. The van der Waals surface area contributed by atoms with E-state index in [1.165, 1.54) is 35.2 Å². The van der Waals surface area contributed by atoms with Crippen molar-refractivity contribution in [3.63, 3.8) is 0 Å². The summed E-state index contributed by atoms with van der Waals surface area (Å²) in [5.41, 5.74) is 2.44. The number of aromatic nitrogens is 3. The lowest BCUT2D eigenvalue weighted by Crippen LogP contribution is -2.19. The Balaban J connectivity index is 1.56. The molecule has 0 unspecified atom stereocenters. The number of thioether (sulfide) groups is 1. The molecule has 0 aliphatic heterocycles. The molecule has 2 aromatic carbocycles. The quantitative estimate of drug-likeness (QED) is 0.385. The number of nitrogens with zero attached hydrogens (tertiary/aromatic N) is 3. The summed E-state index contributed by atoms with van der Waals surface area (Å²) < 4.78 is 14.6. The predicted octanol–water partition coefficient (Wildman–Crippen LogP) is 4.49. The smallest absolute Gasteiger partial charge is 0.261 e. The molecule has 4 nitrogen and oxygen atoms in total. The number of rotatable bonds is 4. The number of benzene rings is 2. The van der Waals surface area contributed by atoms with Gasteiger partial charge in [0.1, 0.15) is 10.8 Å². The molecule has 0 amide bonds. The van der Waals surface area contributed by atoms with Crippen LogP contribution in [-0.2, 0) is 12.8 Å². The Morgan fingerprint density at radius 2 is 1.88 bits per heavy atom. The van der Waals surface area contributed by atoms with Crippen LogP contribution in [0.4, 0.5) is 4.39 Å². The fourth-order valence-corrected chi connectivity index (χ4v) is 4.36. The molecule has 0 aliphatic rings. The molecule has 2 heterocycles. The average Bonchev–Trinajstić information content (AvgIpc) is 3.13. The Hall–Kier alpha value is -2.51. The van der Waals surface area contributed by atoms with E-state index in [2.05, 4.69) is 9.97 Å². The van der Waals surface area contributed by atoms with E-state index in [0.29, 0.717) is 21.8 Å². The summed E-state index contributed by atoms with van der Waals surface area (Å²) in [5.74, 6) is 0.348. The van der Waals surface area contributed by atoms with Crippen LogP contribution in [0, 0.1) is 5.82 Å². The molecule has 7 heteroatoms. The molecule has 0 spiro atoms. The van der Waals surface area contributed by atoms with Gasteiger partial charge in [-0.15, -0.1) is 11.3 Å². The first-order valence-corrected chi connectivity index (χ1v) is 9.77. The van der Waals surface area contributed by atoms with Crippen LogP contribution in [0.15, 0.2) is 63.9 Å². The molecule has 4 aromatic rings. The first kappa shape index (κ1) is 16.9. The van der Waals surface area contributed by atoms with Gasteiger partial charge >= 0.3 is 0 Å². The van der Waals surface area contributed by atoms with Crippen molar-refractivity contribution >= 4 is 34.0 Å². The van der Waals surface area contributed by atoms with Gasteiger partial charge in [-0.3, -0.25) is 9.36 Å². The third-order valence-electron chi connectivity index (χ3n) is 3.93. The van der Waals surface area contributed by atoms with Crippen molar-refractivity contribution in [1.82, 2.24) is 14.5 Å². The normalized spacial score (nSPS) is 11.2. The summed E-state index contributed by atoms with van der Waals surface area (Å²) in [4.78, 5) is 21.6. The summed E-state index contributed by atoms with van der Waals surface area (Å²) in [5, 5.41) is 4.10. The minimum Gasteiger partial charge on any atom is -0.290 e. The van der Waals surface area contributed by atoms with Crippen molar-refractivity contribution in [3.8, 4) is 10.6 Å². The van der Waals surface area contributed by atoms with Crippen molar-refractivity contribution in [3.05, 3.63) is 75.8 Å². The molecule has 26 heavy (non-hydrogen) atoms. The Bertz CT molecular complexity index is 1140. The minimum absolute atomic E-state index is 0.0524. The van der Waals surface area contributed by atoms with Gasteiger partial charge in [0.15, 0.2) is 5.16 Å². The Kier molecular flexibility index (Phi) is 4.57. The van der Waals surface area contributed by atoms with Crippen LogP contribution in [0.3, 0.4) is 0 Å². The largest absolute Gasteiger partial charge is 0.290 e. The molecule has 0 saturated heterocycles. The van der Waals surface area contributed by atoms with Crippen molar-refractivity contribution in [2.45, 2.75) is 10.9 Å². The van der Waals surface area contributed by atoms with Gasteiger partial charge in [-0.05, 0) is 36.4 Å². The first-order valence-electron chi connectivity index (χ1n) is 7.91. The van der Waals surface area contributed by atoms with Crippen molar-refractivity contribution in [2.24, 2.45) is 7.05 Å². The second kappa shape index (κ2) is 7.01. The van der Waals surface area contributed by atoms with E-state index in [9.17, 15) is 9.18 Å². The van der Waals surface area contributed by atoms with Gasteiger partial charge in [0, 0.05) is 23.7 Å². The molecule has 0 fully saturated rings. The Labute approximate surface area is 157 Å². The highest BCUT2D eigenvalue weighted by Crippen LogP contribution is 2.27. The molecule has 0 bridgehead atoms. The van der Waals surface area contributed by atoms with Crippen molar-refractivity contribution in [2.75, 3.05) is 0 Å². The van der Waals surface area contributed by atoms with E-state index >= 15 is 0 Å². The first-order chi connectivity index (χ1) is 12.6. The minimum atomic E-state index is -0.260. The second-order valence-corrected chi connectivity index (χ2v) is 7.52. The number of hydrogen-bond donors (Lipinski definition) is 0. The fourth-order valence-electron chi connectivity index (χ4n) is 2.56. The van der Waals surface area contributed by atoms with E-state index in [4.69, 9.17) is 0 Å². The van der Waals surface area contributed by atoms with Crippen LogP contribution in [0.1, 0.15) is 5.69 Å². The summed E-state index contributed by atoms with van der Waals surface area (Å²) in [7, 11) is 1.73. The summed E-state index contributed by atoms with van der Waals surface area (Å²) in [6.07, 6.45) is 0. The highest BCUT2D eigenvalue weighted by atomic mass is 32.2. The zero-order valence-electron chi connectivity index (χ0n) is 13.8. The predicted molar refractivity (Wildman–Crippen MR) is 104 cm³/mol. The van der Waals surface area contributed by atoms with Gasteiger partial charge in [-0.25, -0.2) is 14.4 Å². The maximum absolute atomic E-state index is 13.0. The van der Waals surface area contributed by atoms with Crippen molar-refractivity contribution < 1.29 is 4.39 Å². The van der Waals surface area contributed by atoms with Gasteiger partial charge < -0.3 is 0 Å². The van der Waals surface area contributed by atoms with E-state index in [1.54, 1.807) is 29.8 Å². The molecule has 0 atom stereocenters. The molecule has 0 radical (unpaired) electrons. The molecule has 0 saturated carbocycles. The number of fused-ring (bicyclic) bond motifs is 1. The third-order valence-corrected chi connectivity index (χ3v) is 5.94. The Morgan fingerprint density at radius 1 is 1.12 bits per heavy atom. The van der Waals surface area contributed by atoms with Gasteiger partial charge in [-0.2, -0.15) is 0 Å². The van der Waals surface area contributed by atoms with E-state index < -0.39 is 0 Å². The summed E-state index contributed by atoms with van der Waals surface area (Å²) in [6, 6.07) is 13.6. The summed E-state index contributed by atoms with van der Waals surface area (Å²) >= 11 is 2.99. The Morgan fingerprint density at radius 3 is 2.69 bits per heavy atom. The molecule has 0 N–H and O–H groups in total. The maximum atomic E-state index is 13.0. The highest BCUT2D eigenvalue weighted by Gasteiger charge is 2.10. The summed E-state index contributed by atoms with van der Waals surface area (Å²) in [6.45, 7) is 0. The number of para-hydroxylation sites is 1. The number of hydrogen-bond acceptors (Lipinski definition) is 5. The molecule has 0 aliphatic carbocycles. The molecule has 2 aromatic heterocycles. The van der Waals surface area contributed by atoms with Crippen LogP contribution < -0.4 is 5.56 Å². The lowest BCUT2D eigenvalue weighted by molar-refractivity contribution is 0.628. The number of halogens is 1. The second-order valence-electron chi connectivity index (χ2n) is 5.72. The van der Waals surface area contributed by atoms with Crippen molar-refractivity contribution in [1.29, 1.82) is 0 Å². The highest BCUT2D eigenvalue weighted by molar-refractivity contribution is 7.98. The van der Waals surface area contributed by atoms with Gasteiger partial charge in [-0.1, -0.05) is 23.9 Å². The van der Waals surface area contributed by atoms with Gasteiger partial charge in [0.05, 0.1) is 16.6 Å². The third kappa shape index (κ3) is 3.27. The van der Waals surface area contributed by atoms with E-state index in [1.807, 2.05) is 23.6 Å². The van der Waals surface area contributed by atoms with Crippen LogP contribution >= 0.6 is 23.1 Å². The lowest BCUT2D eigenvalue weighted by atomic mass is 10.2. The fraction of sp³-hybridized carbons (Fsp3) is 0.105. The standard InChI is InChI=1S/C19H14FN3OS2/c1-23-18(24)15-4-2-3-5-16(15)22-19(23)26-11-14-10-25-17(21-14)12-6-8-13(20)9-7-12/h2-10H,11H2,1H3. The molecule has 4 rings (SSSR count). The molecular weight excluding hydrogens is 369 g/mol. The number of thiazole rings is 1. The lowest BCUT2D eigenvalue weighted by Gasteiger charge is -2.07. The molecule has 130 valence electrons.